The number of carbonyl (C=O) groups is 2. The van der Waals surface area contributed by atoms with Crippen molar-refractivity contribution in [3.63, 3.8) is 0 Å². The maximum atomic E-state index is 13.2. The molecular weight excluding hydrogens is 540 g/mol. The molecule has 1 saturated heterocycles. The topological polar surface area (TPSA) is 131 Å². The fraction of sp³-hybridized carbons (Fsp3) is 0.407. The number of hydrogen-bond acceptors (Lipinski definition) is 9. The van der Waals surface area contributed by atoms with Crippen LogP contribution in [0.5, 0.6) is 17.2 Å². The van der Waals surface area contributed by atoms with Crippen LogP contribution >= 0.6 is 11.3 Å². The highest BCUT2D eigenvalue weighted by Gasteiger charge is 2.31. The van der Waals surface area contributed by atoms with Crippen molar-refractivity contribution in [3.8, 4) is 17.2 Å². The van der Waals surface area contributed by atoms with E-state index in [1.165, 1.54) is 17.5 Å². The number of ether oxygens (including phenoxy) is 2. The lowest BCUT2D eigenvalue weighted by molar-refractivity contribution is -0.142. The number of nitrogens with zero attached hydrogens (tertiary/aromatic N) is 3. The van der Waals surface area contributed by atoms with Gasteiger partial charge in [0, 0.05) is 34.5 Å². The first-order chi connectivity index (χ1) is 18.7. The summed E-state index contributed by atoms with van der Waals surface area (Å²) in [4.78, 5) is 36.0. The van der Waals surface area contributed by atoms with Gasteiger partial charge in [-0.15, -0.1) is 11.3 Å². The van der Waals surface area contributed by atoms with Crippen LogP contribution in [-0.2, 0) is 22.1 Å². The average molecular weight is 571 g/mol. The zero-order chi connectivity index (χ0) is 27.5. The fourth-order valence-corrected chi connectivity index (χ4v) is 6.44. The zero-order valence-corrected chi connectivity index (χ0v) is 23.3. The molecule has 2 fully saturated rings. The number of likely N-dealkylation sites (tertiary alicyclic amines) is 1. The Labute approximate surface area is 232 Å². The van der Waals surface area contributed by atoms with Crippen LogP contribution < -0.4 is 14.8 Å². The highest BCUT2D eigenvalue weighted by molar-refractivity contribution is 7.85. The van der Waals surface area contributed by atoms with Crippen molar-refractivity contribution in [1.82, 2.24) is 14.9 Å². The maximum Gasteiger partial charge on any atom is 0.320 e. The van der Waals surface area contributed by atoms with Crippen molar-refractivity contribution in [2.75, 3.05) is 11.9 Å². The molecule has 5 rings (SSSR count). The number of nitrogens with one attached hydrogen (secondary N) is 1. The second-order valence-electron chi connectivity index (χ2n) is 9.84. The number of aromatic nitrogens is 2. The molecule has 1 aliphatic carbocycles. The van der Waals surface area contributed by atoms with E-state index in [1.807, 2.05) is 18.7 Å². The molecule has 1 aliphatic heterocycles. The quantitative estimate of drug-likeness (QED) is 0.337. The molecule has 2 unspecified atom stereocenters. The van der Waals surface area contributed by atoms with Gasteiger partial charge in [-0.3, -0.25) is 24.0 Å². The fourth-order valence-electron chi connectivity index (χ4n) is 4.34. The minimum Gasteiger partial charge on any atom is -0.491 e. The molecule has 39 heavy (non-hydrogen) atoms. The van der Waals surface area contributed by atoms with Crippen LogP contribution in [0.3, 0.4) is 0 Å². The van der Waals surface area contributed by atoms with E-state index >= 15 is 0 Å². The molecule has 0 bridgehead atoms. The van der Waals surface area contributed by atoms with Gasteiger partial charge >= 0.3 is 5.97 Å². The normalized spacial score (nSPS) is 18.2. The van der Waals surface area contributed by atoms with Gasteiger partial charge in [0.2, 0.25) is 0 Å². The number of benzene rings is 1. The summed E-state index contributed by atoms with van der Waals surface area (Å²) < 4.78 is 24.2. The van der Waals surface area contributed by atoms with Gasteiger partial charge < -0.3 is 14.6 Å². The third-order valence-electron chi connectivity index (χ3n) is 6.27. The molecule has 3 heterocycles. The van der Waals surface area contributed by atoms with Gasteiger partial charge in [-0.1, -0.05) is 0 Å². The minimum atomic E-state index is -1.10. The van der Waals surface area contributed by atoms with Gasteiger partial charge in [0.15, 0.2) is 5.13 Å². The predicted molar refractivity (Wildman–Crippen MR) is 147 cm³/mol. The first kappa shape index (κ1) is 27.2. The highest BCUT2D eigenvalue weighted by Crippen LogP contribution is 2.32. The number of anilines is 1. The van der Waals surface area contributed by atoms with Crippen LogP contribution in [0.25, 0.3) is 0 Å². The predicted octanol–water partition coefficient (Wildman–Crippen LogP) is 4.69. The Hall–Kier alpha value is -3.35. The van der Waals surface area contributed by atoms with Gasteiger partial charge in [0.05, 0.1) is 23.1 Å². The molecule has 0 spiro atoms. The summed E-state index contributed by atoms with van der Waals surface area (Å²) in [5.74, 6) is 0.121. The SMILES string of the molecule is CC(C)Oc1cc(Oc2ccc(S(=O)C3CC3)nc2)cc(C(=O)Nc2ncc(CN3CCCC3C(=O)O)s2)c1. The van der Waals surface area contributed by atoms with Crippen molar-refractivity contribution in [2.45, 2.75) is 68.5 Å². The van der Waals surface area contributed by atoms with E-state index in [0.717, 1.165) is 30.7 Å². The van der Waals surface area contributed by atoms with E-state index in [2.05, 4.69) is 15.3 Å². The summed E-state index contributed by atoms with van der Waals surface area (Å²) in [5.41, 5.74) is 0.324. The second kappa shape index (κ2) is 11.8. The molecule has 1 saturated carbocycles. The number of carboxylic acid groups (broad SMARTS) is 1. The summed E-state index contributed by atoms with van der Waals surface area (Å²) in [6.45, 7) is 4.98. The number of amides is 1. The Morgan fingerprint density at radius 3 is 2.62 bits per heavy atom. The number of aliphatic carboxylic acids is 1. The van der Waals surface area contributed by atoms with E-state index in [4.69, 9.17) is 9.47 Å². The summed E-state index contributed by atoms with van der Waals surface area (Å²) in [5, 5.41) is 13.4. The van der Waals surface area contributed by atoms with E-state index in [0.29, 0.717) is 45.9 Å². The van der Waals surface area contributed by atoms with Crippen molar-refractivity contribution in [1.29, 1.82) is 0 Å². The summed E-state index contributed by atoms with van der Waals surface area (Å²) in [7, 11) is -1.10. The Morgan fingerprint density at radius 1 is 1.13 bits per heavy atom. The van der Waals surface area contributed by atoms with E-state index in [1.54, 1.807) is 36.5 Å². The lowest BCUT2D eigenvalue weighted by Crippen LogP contribution is -2.35. The summed E-state index contributed by atoms with van der Waals surface area (Å²) >= 11 is 1.31. The molecular formula is C27H30N4O6S2. The summed E-state index contributed by atoms with van der Waals surface area (Å²) in [6.07, 6.45) is 6.49. The molecule has 206 valence electrons. The highest BCUT2D eigenvalue weighted by atomic mass is 32.2. The maximum absolute atomic E-state index is 13.2. The van der Waals surface area contributed by atoms with Gasteiger partial charge in [0.1, 0.15) is 28.3 Å². The molecule has 2 aromatic heterocycles. The number of rotatable bonds is 11. The number of pyridine rings is 1. The third kappa shape index (κ3) is 7.00. The van der Waals surface area contributed by atoms with E-state index in [9.17, 15) is 18.9 Å². The lowest BCUT2D eigenvalue weighted by Gasteiger charge is -2.19. The van der Waals surface area contributed by atoms with Crippen LogP contribution in [0.15, 0.2) is 47.8 Å². The Bertz CT molecular complexity index is 1370. The van der Waals surface area contributed by atoms with E-state index < -0.39 is 22.8 Å². The first-order valence-electron chi connectivity index (χ1n) is 12.8. The van der Waals surface area contributed by atoms with Crippen LogP contribution in [-0.4, -0.2) is 60.0 Å². The average Bonchev–Trinajstić information content (AvgIpc) is 3.49. The number of carboxylic acids is 1. The van der Waals surface area contributed by atoms with Crippen molar-refractivity contribution >= 4 is 39.1 Å². The Kier molecular flexibility index (Phi) is 8.24. The summed E-state index contributed by atoms with van der Waals surface area (Å²) in [6, 6.07) is 7.87. The molecule has 2 aliphatic rings. The minimum absolute atomic E-state index is 0.115. The second-order valence-corrected chi connectivity index (χ2v) is 12.6. The molecule has 2 N–H and O–H groups in total. The van der Waals surface area contributed by atoms with Gasteiger partial charge in [-0.05, 0) is 70.3 Å². The van der Waals surface area contributed by atoms with Crippen LogP contribution in [0, 0.1) is 0 Å². The Morgan fingerprint density at radius 2 is 1.92 bits per heavy atom. The van der Waals surface area contributed by atoms with Crippen molar-refractivity contribution in [3.05, 3.63) is 53.2 Å². The monoisotopic (exact) mass is 570 g/mol. The van der Waals surface area contributed by atoms with Crippen molar-refractivity contribution < 1.29 is 28.4 Å². The molecule has 10 nitrogen and oxygen atoms in total. The van der Waals surface area contributed by atoms with Gasteiger partial charge in [-0.25, -0.2) is 9.97 Å². The lowest BCUT2D eigenvalue weighted by atomic mass is 10.2. The smallest absolute Gasteiger partial charge is 0.320 e. The van der Waals surface area contributed by atoms with Gasteiger partial charge in [0.25, 0.3) is 5.91 Å². The molecule has 2 atom stereocenters. The van der Waals surface area contributed by atoms with Gasteiger partial charge in [-0.2, -0.15) is 0 Å². The number of thiazole rings is 1. The Balaban J connectivity index is 1.28. The van der Waals surface area contributed by atoms with Crippen LogP contribution in [0.1, 0.15) is 54.8 Å². The number of hydrogen-bond donors (Lipinski definition) is 2. The molecule has 3 aromatic rings. The standard InChI is InChI=1S/C27H30N4O6S2/c1-16(2)36-19-10-17(11-20(12-19)37-18-5-8-24(28-13-18)39(35)22-6-7-22)25(32)30-27-29-14-21(38-27)15-31-9-3-4-23(31)26(33)34/h5,8,10-14,16,22-23H,3-4,6-7,9,15H2,1-2H3,(H,33,34)(H,29,30,32). The first-order valence-corrected chi connectivity index (χ1v) is 14.9. The molecule has 12 heteroatoms. The third-order valence-corrected chi connectivity index (χ3v) is 8.90. The number of carbonyl (C=O) groups excluding carboxylic acids is 1. The largest absolute Gasteiger partial charge is 0.491 e. The molecule has 1 amide bonds. The van der Waals surface area contributed by atoms with Crippen LogP contribution in [0.2, 0.25) is 0 Å². The van der Waals surface area contributed by atoms with Crippen molar-refractivity contribution in [2.24, 2.45) is 0 Å². The molecule has 0 radical (unpaired) electrons. The molecule has 1 aromatic carbocycles. The van der Waals surface area contributed by atoms with E-state index in [-0.39, 0.29) is 17.3 Å². The van der Waals surface area contributed by atoms with Crippen LogP contribution in [0.4, 0.5) is 5.13 Å². The zero-order valence-electron chi connectivity index (χ0n) is 21.7.